The molecule has 2 heterocycles. The van der Waals surface area contributed by atoms with E-state index in [-0.39, 0.29) is 5.91 Å². The third kappa shape index (κ3) is 2.85. The maximum atomic E-state index is 12.6. The first-order valence-corrected chi connectivity index (χ1v) is 7.78. The Labute approximate surface area is 127 Å². The first-order chi connectivity index (χ1) is 10.3. The number of carbonyl (C=O) groups is 1. The van der Waals surface area contributed by atoms with Crippen molar-refractivity contribution in [3.63, 3.8) is 0 Å². The number of aryl methyl sites for hydroxylation is 2. The lowest BCUT2D eigenvalue weighted by atomic mass is 10.0. The van der Waals surface area contributed by atoms with Crippen molar-refractivity contribution in [1.82, 2.24) is 15.0 Å². The summed E-state index contributed by atoms with van der Waals surface area (Å²) >= 11 is 1.60. The molecule has 0 spiro atoms. The van der Waals surface area contributed by atoms with Gasteiger partial charge in [0.2, 0.25) is 0 Å². The largest absolute Gasteiger partial charge is 0.280 e. The molecule has 0 unspecified atom stereocenters. The molecule has 1 aliphatic carbocycles. The standard InChI is InChI=1S/C15H16N4OS/c1-2-9-19(14(20)12-10-16-7-8-17-12)15-18-11-5-3-4-6-13(11)21-15/h2,7-8,10H,1,3-6,9H2. The van der Waals surface area contributed by atoms with Crippen molar-refractivity contribution in [2.24, 2.45) is 0 Å². The molecule has 1 amide bonds. The number of amides is 1. The number of thiazole rings is 1. The van der Waals surface area contributed by atoms with Crippen LogP contribution >= 0.6 is 11.3 Å². The lowest BCUT2D eigenvalue weighted by Crippen LogP contribution is -2.31. The molecule has 2 aromatic heterocycles. The van der Waals surface area contributed by atoms with Gasteiger partial charge in [-0.15, -0.1) is 17.9 Å². The van der Waals surface area contributed by atoms with Crippen LogP contribution in [0, 0.1) is 0 Å². The number of fused-ring (bicyclic) bond motifs is 1. The SMILES string of the molecule is C=CCN(C(=O)c1cnccn1)c1nc2c(s1)CCCC2. The number of anilines is 1. The molecule has 1 aliphatic rings. The fourth-order valence-electron chi connectivity index (χ4n) is 2.38. The first kappa shape index (κ1) is 13.9. The van der Waals surface area contributed by atoms with E-state index in [4.69, 9.17) is 0 Å². The number of carbonyl (C=O) groups excluding carboxylic acids is 1. The summed E-state index contributed by atoms with van der Waals surface area (Å²) in [7, 11) is 0. The Morgan fingerprint density at radius 1 is 1.38 bits per heavy atom. The Hall–Kier alpha value is -2.08. The number of hydrogen-bond acceptors (Lipinski definition) is 5. The maximum Gasteiger partial charge on any atom is 0.280 e. The topological polar surface area (TPSA) is 59.0 Å². The van der Waals surface area contributed by atoms with Crippen LogP contribution in [0.4, 0.5) is 5.13 Å². The minimum Gasteiger partial charge on any atom is -0.279 e. The van der Waals surface area contributed by atoms with Gasteiger partial charge in [-0.05, 0) is 25.7 Å². The van der Waals surface area contributed by atoms with E-state index in [0.717, 1.165) is 23.7 Å². The van der Waals surface area contributed by atoms with Gasteiger partial charge in [0.1, 0.15) is 5.69 Å². The maximum absolute atomic E-state index is 12.6. The van der Waals surface area contributed by atoms with Gasteiger partial charge in [0.15, 0.2) is 5.13 Å². The van der Waals surface area contributed by atoms with Gasteiger partial charge < -0.3 is 0 Å². The Morgan fingerprint density at radius 3 is 2.95 bits per heavy atom. The average molecular weight is 300 g/mol. The highest BCUT2D eigenvalue weighted by Crippen LogP contribution is 2.32. The third-order valence-electron chi connectivity index (χ3n) is 3.40. The zero-order valence-electron chi connectivity index (χ0n) is 11.7. The minimum absolute atomic E-state index is 0.186. The molecule has 0 atom stereocenters. The average Bonchev–Trinajstić information content (AvgIpc) is 2.96. The molecule has 0 bridgehead atoms. The molecule has 5 nitrogen and oxygen atoms in total. The lowest BCUT2D eigenvalue weighted by Gasteiger charge is -2.17. The quantitative estimate of drug-likeness (QED) is 0.815. The molecule has 108 valence electrons. The van der Waals surface area contributed by atoms with Crippen molar-refractivity contribution < 1.29 is 4.79 Å². The smallest absolute Gasteiger partial charge is 0.279 e. The van der Waals surface area contributed by atoms with Crippen LogP contribution in [0.1, 0.15) is 33.9 Å². The molecule has 3 rings (SSSR count). The summed E-state index contributed by atoms with van der Waals surface area (Å²) in [5, 5.41) is 0.734. The molecule has 0 saturated heterocycles. The van der Waals surface area contributed by atoms with Gasteiger partial charge in [0, 0.05) is 23.8 Å². The zero-order chi connectivity index (χ0) is 14.7. The fourth-order valence-corrected chi connectivity index (χ4v) is 3.53. The van der Waals surface area contributed by atoms with E-state index in [0.29, 0.717) is 12.2 Å². The van der Waals surface area contributed by atoms with Gasteiger partial charge in [-0.3, -0.25) is 14.7 Å². The van der Waals surface area contributed by atoms with Crippen molar-refractivity contribution in [3.8, 4) is 0 Å². The number of hydrogen-bond donors (Lipinski definition) is 0. The molecule has 2 aromatic rings. The van der Waals surface area contributed by atoms with Gasteiger partial charge in [-0.2, -0.15) is 0 Å². The molecule has 0 N–H and O–H groups in total. The molecule has 6 heteroatoms. The predicted molar refractivity (Wildman–Crippen MR) is 82.7 cm³/mol. The van der Waals surface area contributed by atoms with E-state index in [1.165, 1.54) is 30.1 Å². The van der Waals surface area contributed by atoms with Gasteiger partial charge in [0.05, 0.1) is 11.9 Å². The molecule has 0 fully saturated rings. The van der Waals surface area contributed by atoms with Gasteiger partial charge in [0.25, 0.3) is 5.91 Å². The van der Waals surface area contributed by atoms with Crippen molar-refractivity contribution in [2.45, 2.75) is 25.7 Å². The number of nitrogens with zero attached hydrogens (tertiary/aromatic N) is 4. The zero-order valence-corrected chi connectivity index (χ0v) is 12.5. The summed E-state index contributed by atoms with van der Waals surface area (Å²) in [6.45, 7) is 4.15. The van der Waals surface area contributed by atoms with Crippen LogP contribution in [-0.2, 0) is 12.8 Å². The predicted octanol–water partition coefficient (Wildman–Crippen LogP) is 2.64. The monoisotopic (exact) mass is 300 g/mol. The minimum atomic E-state index is -0.186. The van der Waals surface area contributed by atoms with E-state index < -0.39 is 0 Å². The van der Waals surface area contributed by atoms with E-state index in [1.807, 2.05) is 0 Å². The number of aromatic nitrogens is 3. The van der Waals surface area contributed by atoms with Crippen LogP contribution in [0.25, 0.3) is 0 Å². The van der Waals surface area contributed by atoms with Crippen LogP contribution in [-0.4, -0.2) is 27.4 Å². The Bertz CT molecular complexity index is 629. The summed E-state index contributed by atoms with van der Waals surface area (Å²) in [6.07, 6.45) is 10.7. The molecule has 21 heavy (non-hydrogen) atoms. The normalized spacial score (nSPS) is 13.5. The van der Waals surface area contributed by atoms with E-state index in [1.54, 1.807) is 28.5 Å². The summed E-state index contributed by atoms with van der Waals surface area (Å²) in [5.74, 6) is -0.186. The highest BCUT2D eigenvalue weighted by molar-refractivity contribution is 7.16. The van der Waals surface area contributed by atoms with Crippen LogP contribution in [0.5, 0.6) is 0 Å². The lowest BCUT2D eigenvalue weighted by molar-refractivity contribution is 0.0984. The van der Waals surface area contributed by atoms with E-state index in [2.05, 4.69) is 21.5 Å². The third-order valence-corrected chi connectivity index (χ3v) is 4.58. The second-order valence-corrected chi connectivity index (χ2v) is 5.93. The van der Waals surface area contributed by atoms with Gasteiger partial charge >= 0.3 is 0 Å². The Balaban J connectivity index is 1.92. The first-order valence-electron chi connectivity index (χ1n) is 6.97. The fraction of sp³-hybridized carbons (Fsp3) is 0.333. The summed E-state index contributed by atoms with van der Waals surface area (Å²) in [5.41, 5.74) is 1.47. The Kier molecular flexibility index (Phi) is 4.06. The van der Waals surface area contributed by atoms with E-state index in [9.17, 15) is 4.79 Å². The molecular formula is C15H16N4OS. The Morgan fingerprint density at radius 2 is 2.24 bits per heavy atom. The molecule has 0 saturated carbocycles. The highest BCUT2D eigenvalue weighted by atomic mass is 32.1. The van der Waals surface area contributed by atoms with Crippen molar-refractivity contribution in [1.29, 1.82) is 0 Å². The van der Waals surface area contributed by atoms with Crippen LogP contribution in [0.15, 0.2) is 31.2 Å². The van der Waals surface area contributed by atoms with Gasteiger partial charge in [-0.1, -0.05) is 6.08 Å². The molecule has 0 aromatic carbocycles. The summed E-state index contributed by atoms with van der Waals surface area (Å²) < 4.78 is 0. The molecule has 0 radical (unpaired) electrons. The van der Waals surface area contributed by atoms with Crippen molar-refractivity contribution >= 4 is 22.4 Å². The van der Waals surface area contributed by atoms with Crippen molar-refractivity contribution in [3.05, 3.63) is 47.5 Å². The van der Waals surface area contributed by atoms with E-state index >= 15 is 0 Å². The van der Waals surface area contributed by atoms with Crippen molar-refractivity contribution in [2.75, 3.05) is 11.4 Å². The molecular weight excluding hydrogens is 284 g/mol. The van der Waals surface area contributed by atoms with Crippen LogP contribution in [0.3, 0.4) is 0 Å². The summed E-state index contributed by atoms with van der Waals surface area (Å²) in [4.78, 5) is 28.2. The molecule has 0 aliphatic heterocycles. The second-order valence-electron chi connectivity index (χ2n) is 4.87. The van der Waals surface area contributed by atoms with Gasteiger partial charge in [-0.25, -0.2) is 9.97 Å². The van der Waals surface area contributed by atoms with Crippen LogP contribution < -0.4 is 4.90 Å². The highest BCUT2D eigenvalue weighted by Gasteiger charge is 2.24. The summed E-state index contributed by atoms with van der Waals surface area (Å²) in [6, 6.07) is 0. The second kappa shape index (κ2) is 6.13. The number of rotatable bonds is 4. The van der Waals surface area contributed by atoms with Crippen LogP contribution in [0.2, 0.25) is 0 Å².